The van der Waals surface area contributed by atoms with Crippen LogP contribution in [0.2, 0.25) is 0 Å². The average molecular weight is 249 g/mol. The zero-order valence-electron chi connectivity index (χ0n) is 12.6. The first-order valence-electron chi connectivity index (χ1n) is 6.63. The molecular formula is C16H27NO. The van der Waals surface area contributed by atoms with Gasteiger partial charge in [0.05, 0.1) is 5.60 Å². The van der Waals surface area contributed by atoms with Crippen molar-refractivity contribution in [2.75, 3.05) is 6.54 Å². The normalized spacial score (nSPS) is 15.5. The summed E-state index contributed by atoms with van der Waals surface area (Å²) in [6.07, 6.45) is 0.684. The van der Waals surface area contributed by atoms with Crippen LogP contribution in [-0.2, 0) is 6.42 Å². The highest BCUT2D eigenvalue weighted by Crippen LogP contribution is 2.18. The van der Waals surface area contributed by atoms with Crippen molar-refractivity contribution in [3.05, 3.63) is 34.9 Å². The van der Waals surface area contributed by atoms with Gasteiger partial charge in [-0.25, -0.2) is 0 Å². The van der Waals surface area contributed by atoms with Gasteiger partial charge in [-0.15, -0.1) is 0 Å². The van der Waals surface area contributed by atoms with Gasteiger partial charge in [-0.2, -0.15) is 0 Å². The highest BCUT2D eigenvalue weighted by Gasteiger charge is 2.24. The molecule has 0 aliphatic heterocycles. The van der Waals surface area contributed by atoms with Crippen LogP contribution in [0.3, 0.4) is 0 Å². The quantitative estimate of drug-likeness (QED) is 0.860. The van der Waals surface area contributed by atoms with Crippen LogP contribution in [0.25, 0.3) is 0 Å². The molecule has 0 bridgehead atoms. The molecule has 0 heterocycles. The molecule has 1 aromatic rings. The van der Waals surface area contributed by atoms with E-state index in [1.165, 1.54) is 16.7 Å². The van der Waals surface area contributed by atoms with Gasteiger partial charge < -0.3 is 10.4 Å². The fourth-order valence-corrected chi connectivity index (χ4v) is 1.92. The monoisotopic (exact) mass is 249 g/mol. The summed E-state index contributed by atoms with van der Waals surface area (Å²) in [7, 11) is 0. The maximum absolute atomic E-state index is 10.5. The molecule has 0 saturated carbocycles. The standard InChI is InChI=1S/C16H27NO/c1-12-7-8-13(2)14(9-12)10-16(6,18)11-17-15(3,4)5/h7-9,17-18H,10-11H2,1-6H3. The summed E-state index contributed by atoms with van der Waals surface area (Å²) in [6, 6.07) is 6.40. The molecule has 0 aliphatic rings. The van der Waals surface area contributed by atoms with E-state index >= 15 is 0 Å². The molecular weight excluding hydrogens is 222 g/mol. The predicted molar refractivity (Wildman–Crippen MR) is 78.0 cm³/mol. The summed E-state index contributed by atoms with van der Waals surface area (Å²) < 4.78 is 0. The van der Waals surface area contributed by atoms with Gasteiger partial charge in [-0.1, -0.05) is 23.8 Å². The second kappa shape index (κ2) is 5.41. The van der Waals surface area contributed by atoms with Crippen LogP contribution in [0.4, 0.5) is 0 Å². The van der Waals surface area contributed by atoms with Crippen molar-refractivity contribution in [3.8, 4) is 0 Å². The van der Waals surface area contributed by atoms with Crippen LogP contribution < -0.4 is 5.32 Å². The molecule has 0 radical (unpaired) electrons. The van der Waals surface area contributed by atoms with Gasteiger partial charge in [0.2, 0.25) is 0 Å². The van der Waals surface area contributed by atoms with E-state index in [1.807, 2.05) is 6.92 Å². The third kappa shape index (κ3) is 5.19. The Morgan fingerprint density at radius 3 is 2.28 bits per heavy atom. The van der Waals surface area contributed by atoms with Crippen molar-refractivity contribution < 1.29 is 5.11 Å². The van der Waals surface area contributed by atoms with E-state index in [1.54, 1.807) is 0 Å². The van der Waals surface area contributed by atoms with E-state index in [4.69, 9.17) is 0 Å². The second-order valence-corrected chi connectivity index (χ2v) is 6.71. The second-order valence-electron chi connectivity index (χ2n) is 6.71. The Labute approximate surface area is 111 Å². The molecule has 0 aromatic heterocycles. The number of aliphatic hydroxyl groups is 1. The molecule has 0 spiro atoms. The van der Waals surface area contributed by atoms with Crippen LogP contribution in [0.1, 0.15) is 44.4 Å². The van der Waals surface area contributed by atoms with Crippen molar-refractivity contribution in [2.24, 2.45) is 0 Å². The number of nitrogens with one attached hydrogen (secondary N) is 1. The molecule has 0 saturated heterocycles. The van der Waals surface area contributed by atoms with Crippen molar-refractivity contribution in [3.63, 3.8) is 0 Å². The van der Waals surface area contributed by atoms with Gasteiger partial charge in [0.25, 0.3) is 0 Å². The Morgan fingerprint density at radius 2 is 1.72 bits per heavy atom. The van der Waals surface area contributed by atoms with Crippen molar-refractivity contribution >= 4 is 0 Å². The maximum atomic E-state index is 10.5. The van der Waals surface area contributed by atoms with E-state index in [-0.39, 0.29) is 5.54 Å². The third-order valence-corrected chi connectivity index (χ3v) is 3.08. The smallest absolute Gasteiger partial charge is 0.0783 e. The van der Waals surface area contributed by atoms with Crippen LogP contribution >= 0.6 is 0 Å². The number of aryl methyl sites for hydroxylation is 2. The summed E-state index contributed by atoms with van der Waals surface area (Å²) in [5.74, 6) is 0. The maximum Gasteiger partial charge on any atom is 0.0783 e. The minimum Gasteiger partial charge on any atom is -0.389 e. The number of β-amino-alcohol motifs (C(OH)–C–C–N with tert-alkyl or cyclic N) is 1. The Morgan fingerprint density at radius 1 is 1.11 bits per heavy atom. The van der Waals surface area contributed by atoms with Crippen molar-refractivity contribution in [1.82, 2.24) is 5.32 Å². The molecule has 2 nitrogen and oxygen atoms in total. The van der Waals surface area contributed by atoms with E-state index in [0.29, 0.717) is 13.0 Å². The largest absolute Gasteiger partial charge is 0.389 e. The first-order valence-corrected chi connectivity index (χ1v) is 6.63. The SMILES string of the molecule is Cc1ccc(C)c(CC(C)(O)CNC(C)(C)C)c1. The van der Waals surface area contributed by atoms with E-state index in [2.05, 4.69) is 58.1 Å². The molecule has 102 valence electrons. The molecule has 1 rings (SSSR count). The lowest BCUT2D eigenvalue weighted by molar-refractivity contribution is 0.0533. The van der Waals surface area contributed by atoms with Gasteiger partial charge in [0.15, 0.2) is 0 Å². The lowest BCUT2D eigenvalue weighted by Crippen LogP contribution is -2.47. The third-order valence-electron chi connectivity index (χ3n) is 3.08. The van der Waals surface area contributed by atoms with Crippen LogP contribution in [0, 0.1) is 13.8 Å². The first-order chi connectivity index (χ1) is 8.09. The lowest BCUT2D eigenvalue weighted by atomic mass is 9.92. The molecule has 1 unspecified atom stereocenters. The average Bonchev–Trinajstić information content (AvgIpc) is 2.20. The summed E-state index contributed by atoms with van der Waals surface area (Å²) >= 11 is 0. The number of rotatable bonds is 4. The van der Waals surface area contributed by atoms with Gasteiger partial charge in [0, 0.05) is 18.5 Å². The van der Waals surface area contributed by atoms with Crippen LogP contribution in [0.15, 0.2) is 18.2 Å². The Bertz CT molecular complexity index is 402. The highest BCUT2D eigenvalue weighted by molar-refractivity contribution is 5.31. The summed E-state index contributed by atoms with van der Waals surface area (Å²) in [5, 5.41) is 13.9. The predicted octanol–water partition coefficient (Wildman–Crippen LogP) is 2.99. The minimum absolute atomic E-state index is 0.0334. The van der Waals surface area contributed by atoms with Crippen LogP contribution in [0.5, 0.6) is 0 Å². The first kappa shape index (κ1) is 15.2. The molecule has 1 aromatic carbocycles. The number of hydrogen-bond donors (Lipinski definition) is 2. The molecule has 0 amide bonds. The van der Waals surface area contributed by atoms with Gasteiger partial charge >= 0.3 is 0 Å². The summed E-state index contributed by atoms with van der Waals surface area (Å²) in [6.45, 7) is 13.0. The highest BCUT2D eigenvalue weighted by atomic mass is 16.3. The van der Waals surface area contributed by atoms with Crippen molar-refractivity contribution in [2.45, 2.75) is 59.1 Å². The van der Waals surface area contributed by atoms with Gasteiger partial charge in [-0.3, -0.25) is 0 Å². The molecule has 1 atom stereocenters. The van der Waals surface area contributed by atoms with E-state index in [0.717, 1.165) is 0 Å². The number of benzene rings is 1. The van der Waals surface area contributed by atoms with Crippen LogP contribution in [-0.4, -0.2) is 22.8 Å². The van der Waals surface area contributed by atoms with E-state index < -0.39 is 5.60 Å². The molecule has 0 fully saturated rings. The molecule has 2 N–H and O–H groups in total. The fourth-order valence-electron chi connectivity index (χ4n) is 1.92. The zero-order valence-corrected chi connectivity index (χ0v) is 12.6. The molecule has 2 heteroatoms. The number of hydrogen-bond acceptors (Lipinski definition) is 2. The Balaban J connectivity index is 2.72. The molecule has 18 heavy (non-hydrogen) atoms. The lowest BCUT2D eigenvalue weighted by Gasteiger charge is -2.30. The molecule has 0 aliphatic carbocycles. The fraction of sp³-hybridized carbons (Fsp3) is 0.625. The topological polar surface area (TPSA) is 32.3 Å². The Hall–Kier alpha value is -0.860. The van der Waals surface area contributed by atoms with Gasteiger partial charge in [0.1, 0.15) is 0 Å². The van der Waals surface area contributed by atoms with Gasteiger partial charge in [-0.05, 0) is 52.7 Å². The van der Waals surface area contributed by atoms with E-state index in [9.17, 15) is 5.11 Å². The van der Waals surface area contributed by atoms with Crippen molar-refractivity contribution in [1.29, 1.82) is 0 Å². The summed E-state index contributed by atoms with van der Waals surface area (Å²) in [4.78, 5) is 0. The zero-order chi connectivity index (χ0) is 14.0. The summed E-state index contributed by atoms with van der Waals surface area (Å²) in [5.41, 5.74) is 3.04. The minimum atomic E-state index is -0.716. The Kier molecular flexibility index (Phi) is 4.57.